The van der Waals surface area contributed by atoms with Gasteiger partial charge >= 0.3 is 0 Å². The molecule has 1 N–H and O–H groups in total. The summed E-state index contributed by atoms with van der Waals surface area (Å²) in [5.41, 5.74) is 1.33. The lowest BCUT2D eigenvalue weighted by molar-refractivity contribution is 0.360. The van der Waals surface area contributed by atoms with Crippen molar-refractivity contribution in [2.75, 3.05) is 7.05 Å². The molecule has 1 aromatic heterocycles. The van der Waals surface area contributed by atoms with Crippen molar-refractivity contribution in [1.82, 2.24) is 10.3 Å². The first kappa shape index (κ1) is 12.6. The summed E-state index contributed by atoms with van der Waals surface area (Å²) in [6.45, 7) is 2.22. The maximum absolute atomic E-state index is 4.85. The first-order valence-corrected chi connectivity index (χ1v) is 8.24. The van der Waals surface area contributed by atoms with Crippen LogP contribution in [-0.2, 0) is 0 Å². The summed E-state index contributed by atoms with van der Waals surface area (Å²) in [6.07, 6.45) is 9.51. The molecule has 0 aliphatic heterocycles. The molecule has 0 spiro atoms. The van der Waals surface area contributed by atoms with Crippen molar-refractivity contribution in [3.05, 3.63) is 15.6 Å². The SMILES string of the molecule is CNC1CCC(c2sc(C3CCC3)nc2C)CC1. The highest BCUT2D eigenvalue weighted by Crippen LogP contribution is 2.43. The zero-order valence-electron chi connectivity index (χ0n) is 11.5. The lowest BCUT2D eigenvalue weighted by atomic mass is 9.84. The number of hydrogen-bond donors (Lipinski definition) is 1. The fourth-order valence-corrected chi connectivity index (χ4v) is 4.69. The predicted molar refractivity (Wildman–Crippen MR) is 77.5 cm³/mol. The second-order valence-corrected chi connectivity index (χ2v) is 7.03. The van der Waals surface area contributed by atoms with Crippen LogP contribution in [0.15, 0.2) is 0 Å². The molecule has 1 heterocycles. The van der Waals surface area contributed by atoms with Crippen LogP contribution in [0.5, 0.6) is 0 Å². The molecule has 18 heavy (non-hydrogen) atoms. The Morgan fingerprint density at radius 2 is 1.78 bits per heavy atom. The van der Waals surface area contributed by atoms with E-state index in [0.717, 1.165) is 17.9 Å². The van der Waals surface area contributed by atoms with E-state index in [9.17, 15) is 0 Å². The molecule has 2 nitrogen and oxygen atoms in total. The third-order valence-electron chi connectivity index (χ3n) is 4.81. The Hall–Kier alpha value is -0.410. The van der Waals surface area contributed by atoms with Gasteiger partial charge < -0.3 is 5.32 Å². The van der Waals surface area contributed by atoms with Crippen LogP contribution in [0.4, 0.5) is 0 Å². The third kappa shape index (κ3) is 2.35. The summed E-state index contributed by atoms with van der Waals surface area (Å²) >= 11 is 2.03. The minimum Gasteiger partial charge on any atom is -0.317 e. The van der Waals surface area contributed by atoms with E-state index in [1.807, 2.05) is 11.3 Å². The minimum atomic E-state index is 0.751. The van der Waals surface area contributed by atoms with Crippen molar-refractivity contribution in [1.29, 1.82) is 0 Å². The van der Waals surface area contributed by atoms with Gasteiger partial charge in [0.2, 0.25) is 0 Å². The van der Waals surface area contributed by atoms with E-state index >= 15 is 0 Å². The normalized spacial score (nSPS) is 29.2. The number of rotatable bonds is 3. The average molecular weight is 264 g/mol. The van der Waals surface area contributed by atoms with Crippen LogP contribution in [-0.4, -0.2) is 18.1 Å². The first-order chi connectivity index (χ1) is 8.78. The Labute approximate surface area is 114 Å². The molecule has 0 amide bonds. The highest BCUT2D eigenvalue weighted by Gasteiger charge is 2.28. The van der Waals surface area contributed by atoms with E-state index in [-0.39, 0.29) is 0 Å². The van der Waals surface area contributed by atoms with Crippen molar-refractivity contribution in [2.24, 2.45) is 0 Å². The van der Waals surface area contributed by atoms with E-state index < -0.39 is 0 Å². The van der Waals surface area contributed by atoms with Crippen molar-refractivity contribution in [3.8, 4) is 0 Å². The smallest absolute Gasteiger partial charge is 0.0961 e. The molecule has 0 unspecified atom stereocenters. The number of aryl methyl sites for hydroxylation is 1. The van der Waals surface area contributed by atoms with Gasteiger partial charge in [-0.25, -0.2) is 4.98 Å². The number of thiazole rings is 1. The van der Waals surface area contributed by atoms with Gasteiger partial charge in [-0.2, -0.15) is 0 Å². The van der Waals surface area contributed by atoms with Crippen molar-refractivity contribution >= 4 is 11.3 Å². The second kappa shape index (κ2) is 5.30. The second-order valence-electron chi connectivity index (χ2n) is 5.97. The van der Waals surface area contributed by atoms with E-state index in [1.54, 1.807) is 4.88 Å². The highest BCUT2D eigenvalue weighted by atomic mass is 32.1. The Morgan fingerprint density at radius 1 is 1.06 bits per heavy atom. The highest BCUT2D eigenvalue weighted by molar-refractivity contribution is 7.12. The maximum atomic E-state index is 4.85. The zero-order valence-corrected chi connectivity index (χ0v) is 12.4. The van der Waals surface area contributed by atoms with Crippen LogP contribution in [0.1, 0.15) is 72.4 Å². The lowest BCUT2D eigenvalue weighted by Crippen LogP contribution is -2.29. The summed E-state index contributed by atoms with van der Waals surface area (Å²) in [7, 11) is 2.09. The van der Waals surface area contributed by atoms with E-state index in [0.29, 0.717) is 0 Å². The molecular weight excluding hydrogens is 240 g/mol. The van der Waals surface area contributed by atoms with Gasteiger partial charge in [-0.15, -0.1) is 11.3 Å². The van der Waals surface area contributed by atoms with Crippen LogP contribution in [0.2, 0.25) is 0 Å². The number of nitrogens with one attached hydrogen (secondary N) is 1. The van der Waals surface area contributed by atoms with Gasteiger partial charge in [-0.1, -0.05) is 6.42 Å². The molecule has 3 heteroatoms. The summed E-state index contributed by atoms with van der Waals surface area (Å²) in [5.74, 6) is 1.59. The van der Waals surface area contributed by atoms with Crippen LogP contribution in [0, 0.1) is 6.92 Å². The standard InChI is InChI=1S/C15H24N2S/c1-10-14(11-6-8-13(16-2)9-7-11)18-15(17-10)12-4-3-5-12/h11-13,16H,3-9H2,1-2H3. The van der Waals surface area contributed by atoms with Gasteiger partial charge in [0.25, 0.3) is 0 Å². The Bertz CT molecular complexity index is 401. The summed E-state index contributed by atoms with van der Waals surface area (Å²) in [5, 5.41) is 4.85. The van der Waals surface area contributed by atoms with Crippen molar-refractivity contribution < 1.29 is 0 Å². The van der Waals surface area contributed by atoms with E-state index in [2.05, 4.69) is 19.3 Å². The van der Waals surface area contributed by atoms with Gasteiger partial charge in [0.1, 0.15) is 0 Å². The molecule has 0 radical (unpaired) electrons. The summed E-state index contributed by atoms with van der Waals surface area (Å²) < 4.78 is 0. The third-order valence-corrected chi connectivity index (χ3v) is 6.29. The molecule has 2 saturated carbocycles. The van der Waals surface area contributed by atoms with Crippen LogP contribution in [0.25, 0.3) is 0 Å². The van der Waals surface area contributed by atoms with E-state index in [4.69, 9.17) is 4.98 Å². The molecule has 2 aliphatic rings. The van der Waals surface area contributed by atoms with Crippen LogP contribution in [0.3, 0.4) is 0 Å². The Morgan fingerprint density at radius 3 is 2.33 bits per heavy atom. The van der Waals surface area contributed by atoms with Gasteiger partial charge in [-0.05, 0) is 58.4 Å². The topological polar surface area (TPSA) is 24.9 Å². The Kier molecular flexibility index (Phi) is 3.71. The molecule has 0 bridgehead atoms. The van der Waals surface area contributed by atoms with Gasteiger partial charge in [-0.3, -0.25) is 0 Å². The first-order valence-electron chi connectivity index (χ1n) is 7.42. The fourth-order valence-electron chi connectivity index (χ4n) is 3.28. The zero-order chi connectivity index (χ0) is 12.5. The molecule has 1 aromatic rings. The number of hydrogen-bond acceptors (Lipinski definition) is 3. The molecule has 0 atom stereocenters. The molecule has 100 valence electrons. The number of nitrogens with zero attached hydrogens (tertiary/aromatic N) is 1. The van der Waals surface area contributed by atoms with E-state index in [1.165, 1.54) is 55.6 Å². The minimum absolute atomic E-state index is 0.751. The fraction of sp³-hybridized carbons (Fsp3) is 0.800. The van der Waals surface area contributed by atoms with Crippen LogP contribution >= 0.6 is 11.3 Å². The van der Waals surface area contributed by atoms with Gasteiger partial charge in [0.15, 0.2) is 0 Å². The lowest BCUT2D eigenvalue weighted by Gasteiger charge is -2.27. The monoisotopic (exact) mass is 264 g/mol. The molecule has 0 aromatic carbocycles. The average Bonchev–Trinajstić information content (AvgIpc) is 2.69. The largest absolute Gasteiger partial charge is 0.317 e. The van der Waals surface area contributed by atoms with Crippen molar-refractivity contribution in [3.63, 3.8) is 0 Å². The molecule has 2 aliphatic carbocycles. The Balaban J connectivity index is 1.70. The summed E-state index contributed by atoms with van der Waals surface area (Å²) in [6, 6.07) is 0.751. The molecule has 0 saturated heterocycles. The predicted octanol–water partition coefficient (Wildman–Crippen LogP) is 3.96. The maximum Gasteiger partial charge on any atom is 0.0961 e. The number of aromatic nitrogens is 1. The van der Waals surface area contributed by atoms with Gasteiger partial charge in [0, 0.05) is 16.8 Å². The molecular formula is C15H24N2S. The van der Waals surface area contributed by atoms with Crippen LogP contribution < -0.4 is 5.32 Å². The molecule has 2 fully saturated rings. The quantitative estimate of drug-likeness (QED) is 0.893. The van der Waals surface area contributed by atoms with Gasteiger partial charge in [0.05, 0.1) is 10.7 Å². The summed E-state index contributed by atoms with van der Waals surface area (Å²) in [4.78, 5) is 6.45. The van der Waals surface area contributed by atoms with Crippen molar-refractivity contribution in [2.45, 2.75) is 69.7 Å². The molecule has 3 rings (SSSR count).